The van der Waals surface area contributed by atoms with Crippen molar-refractivity contribution in [3.63, 3.8) is 0 Å². The predicted molar refractivity (Wildman–Crippen MR) is 195 cm³/mol. The summed E-state index contributed by atoms with van der Waals surface area (Å²) in [6, 6.07) is 59.0. The molecule has 0 aliphatic rings. The maximum atomic E-state index is 4.97. The fourth-order valence-corrected chi connectivity index (χ4v) is 6.83. The van der Waals surface area contributed by atoms with Crippen molar-refractivity contribution in [3.8, 4) is 67.5 Å². The molecule has 0 atom stereocenters. The molecule has 4 heteroatoms. The van der Waals surface area contributed by atoms with E-state index >= 15 is 0 Å². The summed E-state index contributed by atoms with van der Waals surface area (Å²) < 4.78 is 1.14. The van der Waals surface area contributed by atoms with E-state index in [1.807, 2.05) is 60.7 Å². The molecule has 0 bridgehead atoms. The first-order valence-electron chi connectivity index (χ1n) is 15.6. The quantitative estimate of drug-likeness (QED) is 0.166. The summed E-state index contributed by atoms with van der Waals surface area (Å²) in [7, 11) is 0. The zero-order valence-electron chi connectivity index (χ0n) is 25.4. The van der Waals surface area contributed by atoms with Gasteiger partial charge in [0, 0.05) is 0 Å². The van der Waals surface area contributed by atoms with Crippen molar-refractivity contribution < 1.29 is 0 Å². The third-order valence-corrected chi connectivity index (χ3v) is 9.33. The van der Waals surface area contributed by atoms with Crippen LogP contribution in [0.4, 0.5) is 0 Å². The molecule has 8 rings (SSSR count). The Hall–Kier alpha value is -5.67. The van der Waals surface area contributed by atoms with Gasteiger partial charge in [-0.1, -0.05) is 60.7 Å². The van der Waals surface area contributed by atoms with Crippen LogP contribution in [0.15, 0.2) is 170 Å². The van der Waals surface area contributed by atoms with E-state index in [9.17, 15) is 0 Å². The van der Waals surface area contributed by atoms with Crippen molar-refractivity contribution in [1.29, 1.82) is 0 Å². The van der Waals surface area contributed by atoms with Gasteiger partial charge >= 0.3 is 223 Å². The normalized spacial score (nSPS) is 11.1. The molecule has 0 amide bonds. The summed E-state index contributed by atoms with van der Waals surface area (Å²) in [6.45, 7) is 0. The monoisotopic (exact) mass is 666 g/mol. The van der Waals surface area contributed by atoms with Crippen molar-refractivity contribution in [3.05, 3.63) is 170 Å². The molecule has 47 heavy (non-hydrogen) atoms. The van der Waals surface area contributed by atoms with Crippen LogP contribution in [0.1, 0.15) is 0 Å². The summed E-state index contributed by atoms with van der Waals surface area (Å²) in [6.07, 6.45) is 0. The van der Waals surface area contributed by atoms with E-state index in [2.05, 4.69) is 125 Å². The minimum absolute atomic E-state index is 0.640. The van der Waals surface area contributed by atoms with Gasteiger partial charge in [0.25, 0.3) is 0 Å². The van der Waals surface area contributed by atoms with Gasteiger partial charge in [0.15, 0.2) is 0 Å². The van der Waals surface area contributed by atoms with E-state index in [4.69, 9.17) is 15.0 Å². The number of hydrogen-bond acceptors (Lipinski definition) is 3. The molecule has 8 aromatic rings. The van der Waals surface area contributed by atoms with Gasteiger partial charge in [-0.05, 0) is 0 Å². The fraction of sp³-hybridized carbons (Fsp3) is 0. The molecule has 0 saturated heterocycles. The molecule has 1 aromatic heterocycles. The van der Waals surface area contributed by atoms with Gasteiger partial charge in [-0.2, -0.15) is 0 Å². The van der Waals surface area contributed by atoms with Crippen LogP contribution in [-0.2, 0) is 0 Å². The summed E-state index contributed by atoms with van der Waals surface area (Å²) >= 11 is 3.41. The maximum absolute atomic E-state index is 4.97. The summed E-state index contributed by atoms with van der Waals surface area (Å²) in [4.78, 5) is 14.8. The molecular weight excluding hydrogens is 637 g/mol. The third-order valence-electron chi connectivity index (χ3n) is 8.41. The number of hydrogen-bond donors (Lipinski definition) is 0. The number of benzene rings is 7. The van der Waals surface area contributed by atoms with Gasteiger partial charge in [0.2, 0.25) is 0 Å². The van der Waals surface area contributed by atoms with E-state index in [1.165, 1.54) is 33.0 Å². The van der Waals surface area contributed by atoms with E-state index in [1.54, 1.807) is 0 Å². The van der Waals surface area contributed by atoms with Crippen molar-refractivity contribution in [1.82, 2.24) is 15.0 Å². The predicted octanol–water partition coefficient (Wildman–Crippen LogP) is 9.82. The van der Waals surface area contributed by atoms with Crippen LogP contribution in [0, 0.1) is 0 Å². The zero-order chi connectivity index (χ0) is 31.6. The Labute approximate surface area is 282 Å². The van der Waals surface area contributed by atoms with E-state index in [-0.39, 0.29) is 0 Å². The van der Waals surface area contributed by atoms with Crippen molar-refractivity contribution in [2.24, 2.45) is 0 Å². The molecule has 3 nitrogen and oxygen atoms in total. The molecular formula is C43H28N3Se. The van der Waals surface area contributed by atoms with Gasteiger partial charge in [0.05, 0.1) is 0 Å². The molecule has 7 aromatic carbocycles. The van der Waals surface area contributed by atoms with Crippen LogP contribution in [0.2, 0.25) is 0 Å². The van der Waals surface area contributed by atoms with Crippen LogP contribution < -0.4 is 4.46 Å². The number of fused-ring (bicyclic) bond motifs is 1. The molecule has 0 aliphatic heterocycles. The Morgan fingerprint density at radius 1 is 0.319 bits per heavy atom. The average Bonchev–Trinajstić information content (AvgIpc) is 3.15. The number of rotatable bonds is 6. The second-order valence-electron chi connectivity index (χ2n) is 11.4. The molecule has 0 N–H and O–H groups in total. The van der Waals surface area contributed by atoms with Crippen molar-refractivity contribution in [2.45, 2.75) is 0 Å². The third kappa shape index (κ3) is 5.77. The van der Waals surface area contributed by atoms with Gasteiger partial charge in [-0.3, -0.25) is 0 Å². The Kier molecular flexibility index (Phi) is 7.72. The summed E-state index contributed by atoms with van der Waals surface area (Å²) in [5, 5.41) is 2.40. The second kappa shape index (κ2) is 12.6. The summed E-state index contributed by atoms with van der Waals surface area (Å²) in [5.74, 6) is 1.94. The Balaban J connectivity index is 1.27. The van der Waals surface area contributed by atoms with E-state index in [0.29, 0.717) is 17.5 Å². The van der Waals surface area contributed by atoms with Crippen LogP contribution in [0.25, 0.3) is 78.3 Å². The molecule has 0 fully saturated rings. The topological polar surface area (TPSA) is 38.7 Å². The average molecular weight is 666 g/mol. The molecule has 221 valence electrons. The molecule has 0 aliphatic carbocycles. The first-order valence-corrected chi connectivity index (χ1v) is 16.4. The van der Waals surface area contributed by atoms with Gasteiger partial charge in [-0.15, -0.1) is 0 Å². The Morgan fingerprint density at radius 3 is 1.47 bits per heavy atom. The van der Waals surface area contributed by atoms with Crippen molar-refractivity contribution >= 4 is 31.2 Å². The summed E-state index contributed by atoms with van der Waals surface area (Å²) in [5.41, 5.74) is 9.82. The minimum atomic E-state index is 0.640. The fourth-order valence-electron chi connectivity index (χ4n) is 6.07. The van der Waals surface area contributed by atoms with E-state index < -0.39 is 0 Å². The molecule has 0 unspecified atom stereocenters. The first kappa shape index (κ1) is 28.8. The van der Waals surface area contributed by atoms with Gasteiger partial charge < -0.3 is 0 Å². The molecule has 0 spiro atoms. The Bertz CT molecular complexity index is 2300. The van der Waals surface area contributed by atoms with Crippen LogP contribution >= 0.6 is 0 Å². The van der Waals surface area contributed by atoms with Gasteiger partial charge in [0.1, 0.15) is 0 Å². The molecule has 1 radical (unpaired) electrons. The van der Waals surface area contributed by atoms with Crippen molar-refractivity contribution in [2.75, 3.05) is 0 Å². The molecule has 1 heterocycles. The SMILES string of the molecule is [Se]c1c(-c2ccccc2)cccc1-c1cc(-c2cccc(-c3nc(-c4ccccc4)nc(-c4ccccc4)n3)c2)cc2ccccc12. The Morgan fingerprint density at radius 2 is 0.809 bits per heavy atom. The van der Waals surface area contributed by atoms with Crippen LogP contribution in [0.5, 0.6) is 0 Å². The standard InChI is InChI=1S/C43H28N3Se/c47-40-37(29-14-4-1-5-15-29)24-13-25-38(40)39-28-35(27-33-20-10-11-23-36(33)39)32-21-12-22-34(26-32)43-45-41(30-16-6-2-7-17-30)44-42(46-43)31-18-8-3-9-19-31/h1-28H. The molecule has 0 saturated carbocycles. The van der Waals surface area contributed by atoms with Crippen LogP contribution in [-0.4, -0.2) is 31.0 Å². The van der Waals surface area contributed by atoms with Gasteiger partial charge in [-0.25, -0.2) is 0 Å². The number of nitrogens with zero attached hydrogens (tertiary/aromatic N) is 3. The number of aromatic nitrogens is 3. The first-order chi connectivity index (χ1) is 23.2. The van der Waals surface area contributed by atoms with E-state index in [0.717, 1.165) is 32.3 Å². The zero-order valence-corrected chi connectivity index (χ0v) is 27.1. The van der Waals surface area contributed by atoms with Crippen LogP contribution in [0.3, 0.4) is 0 Å². The second-order valence-corrected chi connectivity index (χ2v) is 12.3.